The van der Waals surface area contributed by atoms with E-state index in [1.807, 2.05) is 31.2 Å². The van der Waals surface area contributed by atoms with E-state index in [0.717, 1.165) is 11.1 Å². The van der Waals surface area contributed by atoms with Crippen LogP contribution in [0.3, 0.4) is 0 Å². The van der Waals surface area contributed by atoms with Gasteiger partial charge in [-0.05, 0) is 18.1 Å². The predicted octanol–water partition coefficient (Wildman–Crippen LogP) is 1.28. The van der Waals surface area contributed by atoms with Gasteiger partial charge in [-0.1, -0.05) is 24.3 Å². The highest BCUT2D eigenvalue weighted by Crippen LogP contribution is 2.32. The fourth-order valence-corrected chi connectivity index (χ4v) is 3.11. The highest BCUT2D eigenvalue weighted by Gasteiger charge is 2.41. The molecule has 0 aliphatic carbocycles. The first kappa shape index (κ1) is 17.2. The Morgan fingerprint density at radius 1 is 1.44 bits per heavy atom. The number of H-pyrrole nitrogens is 1. The zero-order valence-electron chi connectivity index (χ0n) is 14.6. The molecule has 7 nitrogen and oxygen atoms in total. The van der Waals surface area contributed by atoms with E-state index in [4.69, 9.17) is 4.74 Å². The van der Waals surface area contributed by atoms with E-state index in [9.17, 15) is 9.59 Å². The number of hydrogen-bond donors (Lipinski definition) is 1. The van der Waals surface area contributed by atoms with E-state index in [-0.39, 0.29) is 18.4 Å². The Morgan fingerprint density at radius 2 is 2.20 bits per heavy atom. The molecule has 2 atom stereocenters. The third-order valence-electron chi connectivity index (χ3n) is 4.55. The topological polar surface area (TPSA) is 78.5 Å². The van der Waals surface area contributed by atoms with Crippen LogP contribution >= 0.6 is 0 Å². The Bertz CT molecular complexity index is 759. The highest BCUT2D eigenvalue weighted by molar-refractivity contribution is 5.86. The molecule has 1 aromatic carbocycles. The Morgan fingerprint density at radius 3 is 2.88 bits per heavy atom. The Labute approximate surface area is 146 Å². The molecule has 2 heterocycles. The van der Waals surface area contributed by atoms with Gasteiger partial charge in [0.1, 0.15) is 12.4 Å². The Kier molecular flexibility index (Phi) is 4.85. The van der Waals surface area contributed by atoms with Crippen molar-refractivity contribution in [3.05, 3.63) is 53.6 Å². The van der Waals surface area contributed by atoms with Crippen LogP contribution in [0.1, 0.15) is 23.0 Å². The van der Waals surface area contributed by atoms with Gasteiger partial charge < -0.3 is 19.5 Å². The van der Waals surface area contributed by atoms with Gasteiger partial charge in [0.25, 0.3) is 5.91 Å². The van der Waals surface area contributed by atoms with Crippen LogP contribution in [0.15, 0.2) is 36.7 Å². The number of carbonyl (C=O) groups excluding carboxylic acids is 2. The average molecular weight is 342 g/mol. The minimum atomic E-state index is -0.747. The van der Waals surface area contributed by atoms with Crippen LogP contribution in [0.5, 0.6) is 0 Å². The number of benzene rings is 1. The lowest BCUT2D eigenvalue weighted by atomic mass is 9.93. The molecule has 132 valence electrons. The van der Waals surface area contributed by atoms with E-state index in [1.54, 1.807) is 36.3 Å². The molecule has 25 heavy (non-hydrogen) atoms. The second-order valence-corrected chi connectivity index (χ2v) is 6.27. The van der Waals surface area contributed by atoms with Crippen molar-refractivity contribution in [1.82, 2.24) is 19.8 Å². The van der Waals surface area contributed by atoms with E-state index >= 15 is 0 Å². The van der Waals surface area contributed by atoms with Crippen molar-refractivity contribution in [1.29, 1.82) is 0 Å². The molecule has 2 amide bonds. The van der Waals surface area contributed by atoms with Crippen molar-refractivity contribution in [2.75, 3.05) is 20.7 Å². The van der Waals surface area contributed by atoms with Gasteiger partial charge >= 0.3 is 0 Å². The van der Waals surface area contributed by atoms with Crippen molar-refractivity contribution in [3.63, 3.8) is 0 Å². The standard InChI is InChI=1S/C18H22N4O3/c1-12-6-4-5-7-13(12)16-17(25-11-15(23)22(16)3)18(24)21(2)10-14-19-8-9-20-14/h4-9,16-17H,10-11H2,1-3H3,(H,19,20). The van der Waals surface area contributed by atoms with Crippen LogP contribution in [0, 0.1) is 6.92 Å². The summed E-state index contributed by atoms with van der Waals surface area (Å²) < 4.78 is 5.67. The highest BCUT2D eigenvalue weighted by atomic mass is 16.5. The number of ether oxygens (including phenoxy) is 1. The number of likely N-dealkylation sites (N-methyl/N-ethyl adjacent to an activating group) is 2. The normalized spacial score (nSPS) is 20.6. The number of aryl methyl sites for hydroxylation is 1. The van der Waals surface area contributed by atoms with Gasteiger partial charge in [0, 0.05) is 26.5 Å². The van der Waals surface area contributed by atoms with Crippen molar-refractivity contribution in [2.24, 2.45) is 0 Å². The van der Waals surface area contributed by atoms with E-state index in [1.165, 1.54) is 0 Å². The molecule has 0 spiro atoms. The molecule has 1 aromatic heterocycles. The first-order valence-electron chi connectivity index (χ1n) is 8.15. The monoisotopic (exact) mass is 342 g/mol. The maximum absolute atomic E-state index is 13.0. The molecule has 7 heteroatoms. The summed E-state index contributed by atoms with van der Waals surface area (Å²) in [6, 6.07) is 7.30. The molecule has 0 bridgehead atoms. The molecular weight excluding hydrogens is 320 g/mol. The van der Waals surface area contributed by atoms with Crippen LogP contribution < -0.4 is 0 Å². The summed E-state index contributed by atoms with van der Waals surface area (Å²) in [6.45, 7) is 2.23. The number of amides is 2. The lowest BCUT2D eigenvalue weighted by Gasteiger charge is -2.40. The number of morpholine rings is 1. The minimum absolute atomic E-state index is 0.0934. The number of aromatic nitrogens is 2. The quantitative estimate of drug-likeness (QED) is 0.908. The first-order chi connectivity index (χ1) is 12.0. The molecule has 0 saturated carbocycles. The summed E-state index contributed by atoms with van der Waals surface area (Å²) in [7, 11) is 3.42. The predicted molar refractivity (Wildman–Crippen MR) is 91.5 cm³/mol. The molecule has 3 rings (SSSR count). The summed E-state index contributed by atoms with van der Waals surface area (Å²) in [5.41, 5.74) is 1.94. The van der Waals surface area contributed by atoms with Gasteiger partial charge in [0.05, 0.1) is 12.6 Å². The van der Waals surface area contributed by atoms with Crippen molar-refractivity contribution < 1.29 is 14.3 Å². The van der Waals surface area contributed by atoms with E-state index < -0.39 is 12.1 Å². The molecular formula is C18H22N4O3. The first-order valence-corrected chi connectivity index (χ1v) is 8.15. The fraction of sp³-hybridized carbons (Fsp3) is 0.389. The summed E-state index contributed by atoms with van der Waals surface area (Å²) in [5.74, 6) is 0.388. The van der Waals surface area contributed by atoms with Gasteiger partial charge in [0.15, 0.2) is 6.10 Å². The van der Waals surface area contributed by atoms with Crippen molar-refractivity contribution in [2.45, 2.75) is 25.6 Å². The lowest BCUT2D eigenvalue weighted by molar-refractivity contribution is -0.167. The molecule has 2 aromatic rings. The van der Waals surface area contributed by atoms with Crippen LogP contribution in [-0.4, -0.2) is 58.4 Å². The smallest absolute Gasteiger partial charge is 0.254 e. The second-order valence-electron chi connectivity index (χ2n) is 6.27. The largest absolute Gasteiger partial charge is 0.356 e. The van der Waals surface area contributed by atoms with Crippen molar-refractivity contribution in [3.8, 4) is 0 Å². The number of imidazole rings is 1. The second kappa shape index (κ2) is 7.06. The number of nitrogens with zero attached hydrogens (tertiary/aromatic N) is 3. The van der Waals surface area contributed by atoms with E-state index in [2.05, 4.69) is 9.97 Å². The summed E-state index contributed by atoms with van der Waals surface area (Å²) in [4.78, 5) is 35.4. The summed E-state index contributed by atoms with van der Waals surface area (Å²) in [6.07, 6.45) is 2.62. The zero-order valence-corrected chi connectivity index (χ0v) is 14.6. The summed E-state index contributed by atoms with van der Waals surface area (Å²) in [5, 5.41) is 0. The Hall–Kier alpha value is -2.67. The third kappa shape index (κ3) is 3.41. The summed E-state index contributed by atoms with van der Waals surface area (Å²) >= 11 is 0. The number of rotatable bonds is 4. The molecule has 0 radical (unpaired) electrons. The fourth-order valence-electron chi connectivity index (χ4n) is 3.11. The van der Waals surface area contributed by atoms with Crippen LogP contribution in [-0.2, 0) is 20.9 Å². The van der Waals surface area contributed by atoms with Gasteiger partial charge in [-0.3, -0.25) is 9.59 Å². The maximum Gasteiger partial charge on any atom is 0.254 e. The molecule has 1 N–H and O–H groups in total. The maximum atomic E-state index is 13.0. The SMILES string of the molecule is Cc1ccccc1C1C(C(=O)N(C)Cc2ncc[nH]2)OCC(=O)N1C. The molecule has 1 fully saturated rings. The number of nitrogens with one attached hydrogen (secondary N) is 1. The van der Waals surface area contributed by atoms with Gasteiger partial charge in [-0.25, -0.2) is 4.98 Å². The Balaban J connectivity index is 1.88. The van der Waals surface area contributed by atoms with E-state index in [0.29, 0.717) is 12.4 Å². The molecule has 1 saturated heterocycles. The van der Waals surface area contributed by atoms with Crippen molar-refractivity contribution >= 4 is 11.8 Å². The van der Waals surface area contributed by atoms with Crippen LogP contribution in [0.25, 0.3) is 0 Å². The number of aromatic amines is 1. The van der Waals surface area contributed by atoms with Gasteiger partial charge in [0.2, 0.25) is 5.91 Å². The lowest BCUT2D eigenvalue weighted by Crippen LogP contribution is -2.53. The number of carbonyl (C=O) groups is 2. The van der Waals surface area contributed by atoms with Gasteiger partial charge in [-0.2, -0.15) is 0 Å². The average Bonchev–Trinajstić information content (AvgIpc) is 3.10. The van der Waals surface area contributed by atoms with Crippen LogP contribution in [0.4, 0.5) is 0 Å². The number of hydrogen-bond acceptors (Lipinski definition) is 4. The molecule has 1 aliphatic rings. The molecule has 1 aliphatic heterocycles. The molecule has 2 unspecified atom stereocenters. The zero-order chi connectivity index (χ0) is 18.0. The van der Waals surface area contributed by atoms with Gasteiger partial charge in [-0.15, -0.1) is 0 Å². The third-order valence-corrected chi connectivity index (χ3v) is 4.55. The van der Waals surface area contributed by atoms with Crippen LogP contribution in [0.2, 0.25) is 0 Å². The minimum Gasteiger partial charge on any atom is -0.356 e.